The molecule has 0 atom stereocenters. The van der Waals surface area contributed by atoms with Crippen molar-refractivity contribution in [3.8, 4) is 5.88 Å². The molecule has 1 aromatic heterocycles. The normalized spacial score (nSPS) is 10.2. The molecule has 0 aliphatic heterocycles. The van der Waals surface area contributed by atoms with E-state index in [4.69, 9.17) is 4.74 Å². The van der Waals surface area contributed by atoms with Gasteiger partial charge < -0.3 is 15.0 Å². The molecule has 16 heavy (non-hydrogen) atoms. The number of rotatable bonds is 7. The first-order valence-corrected chi connectivity index (χ1v) is 5.72. The number of nitrogens with zero attached hydrogens (tertiary/aromatic N) is 2. The maximum absolute atomic E-state index is 5.13. The van der Waals surface area contributed by atoms with Crippen LogP contribution in [0.2, 0.25) is 0 Å². The number of anilines is 1. The Kier molecular flexibility index (Phi) is 5.64. The summed E-state index contributed by atoms with van der Waals surface area (Å²) < 4.78 is 5.13. The molecule has 1 aromatic rings. The molecule has 90 valence electrons. The maximum atomic E-state index is 5.13. The number of methoxy groups -OCH3 is 1. The second-order valence-electron chi connectivity index (χ2n) is 3.63. The predicted octanol–water partition coefficient (Wildman–Crippen LogP) is 1.53. The first-order valence-electron chi connectivity index (χ1n) is 5.72. The third-order valence-electron chi connectivity index (χ3n) is 2.37. The maximum Gasteiger partial charge on any atom is 0.214 e. The van der Waals surface area contributed by atoms with Crippen LogP contribution in [-0.4, -0.2) is 38.8 Å². The van der Waals surface area contributed by atoms with Crippen molar-refractivity contribution in [1.82, 2.24) is 10.3 Å². The van der Waals surface area contributed by atoms with Gasteiger partial charge in [-0.1, -0.05) is 13.0 Å². The molecule has 0 aliphatic rings. The number of pyridine rings is 1. The zero-order chi connectivity index (χ0) is 11.8. The highest BCUT2D eigenvalue weighted by Gasteiger charge is 2.06. The molecule has 0 saturated heterocycles. The highest BCUT2D eigenvalue weighted by Crippen LogP contribution is 2.15. The van der Waals surface area contributed by atoms with Crippen LogP contribution in [0, 0.1) is 0 Å². The summed E-state index contributed by atoms with van der Waals surface area (Å²) >= 11 is 0. The lowest BCUT2D eigenvalue weighted by Gasteiger charge is -2.23. The number of ether oxygens (including phenoxy) is 1. The molecular weight excluding hydrogens is 202 g/mol. The van der Waals surface area contributed by atoms with Crippen molar-refractivity contribution in [1.29, 1.82) is 0 Å². The van der Waals surface area contributed by atoms with Crippen molar-refractivity contribution in [2.75, 3.05) is 38.7 Å². The minimum absolute atomic E-state index is 0.670. The lowest BCUT2D eigenvalue weighted by atomic mass is 10.3. The van der Waals surface area contributed by atoms with Crippen LogP contribution in [0.4, 0.5) is 5.82 Å². The van der Waals surface area contributed by atoms with Gasteiger partial charge in [0, 0.05) is 25.7 Å². The van der Waals surface area contributed by atoms with E-state index in [1.165, 1.54) is 0 Å². The van der Waals surface area contributed by atoms with Crippen LogP contribution in [0.15, 0.2) is 18.2 Å². The van der Waals surface area contributed by atoms with E-state index in [1.54, 1.807) is 7.11 Å². The standard InChI is InChI=1S/C12H21N3O/c1-4-9-15(10-8-13-2)11-6-5-7-12(14-11)16-3/h5-7,13H,4,8-10H2,1-3H3. The molecule has 0 bridgehead atoms. The molecule has 0 aliphatic carbocycles. The van der Waals surface area contributed by atoms with E-state index in [0.29, 0.717) is 5.88 Å². The Balaban J connectivity index is 2.73. The lowest BCUT2D eigenvalue weighted by molar-refractivity contribution is 0.397. The van der Waals surface area contributed by atoms with Crippen molar-refractivity contribution in [3.63, 3.8) is 0 Å². The van der Waals surface area contributed by atoms with Crippen molar-refractivity contribution in [2.45, 2.75) is 13.3 Å². The number of nitrogens with one attached hydrogen (secondary N) is 1. The van der Waals surface area contributed by atoms with Gasteiger partial charge in [0.05, 0.1) is 7.11 Å². The van der Waals surface area contributed by atoms with Crippen LogP contribution < -0.4 is 15.0 Å². The molecule has 0 spiro atoms. The number of hydrogen-bond donors (Lipinski definition) is 1. The fourth-order valence-corrected chi connectivity index (χ4v) is 1.55. The zero-order valence-electron chi connectivity index (χ0n) is 10.4. The summed E-state index contributed by atoms with van der Waals surface area (Å²) in [6, 6.07) is 5.86. The van der Waals surface area contributed by atoms with E-state index >= 15 is 0 Å². The van der Waals surface area contributed by atoms with Gasteiger partial charge in [-0.3, -0.25) is 0 Å². The van der Waals surface area contributed by atoms with E-state index in [0.717, 1.165) is 31.9 Å². The number of aromatic nitrogens is 1. The van der Waals surface area contributed by atoms with E-state index in [1.807, 2.05) is 25.2 Å². The Labute approximate surface area is 97.6 Å². The highest BCUT2D eigenvalue weighted by atomic mass is 16.5. The van der Waals surface area contributed by atoms with Gasteiger partial charge in [-0.25, -0.2) is 0 Å². The van der Waals surface area contributed by atoms with E-state index < -0.39 is 0 Å². The van der Waals surface area contributed by atoms with Crippen molar-refractivity contribution < 1.29 is 4.74 Å². The first kappa shape index (κ1) is 12.8. The van der Waals surface area contributed by atoms with Gasteiger partial charge in [0.25, 0.3) is 0 Å². The van der Waals surface area contributed by atoms with Gasteiger partial charge >= 0.3 is 0 Å². The van der Waals surface area contributed by atoms with E-state index in [9.17, 15) is 0 Å². The van der Waals surface area contributed by atoms with Crippen LogP contribution in [0.5, 0.6) is 5.88 Å². The van der Waals surface area contributed by atoms with Gasteiger partial charge in [0.1, 0.15) is 5.82 Å². The molecule has 0 radical (unpaired) electrons. The average Bonchev–Trinajstić information content (AvgIpc) is 2.34. The van der Waals surface area contributed by atoms with E-state index in [2.05, 4.69) is 22.1 Å². The number of likely N-dealkylation sites (N-methyl/N-ethyl adjacent to an activating group) is 1. The smallest absolute Gasteiger partial charge is 0.214 e. The fraction of sp³-hybridized carbons (Fsp3) is 0.583. The Morgan fingerprint density at radius 2 is 2.19 bits per heavy atom. The molecule has 4 heteroatoms. The minimum Gasteiger partial charge on any atom is -0.481 e. The third kappa shape index (κ3) is 3.70. The first-order chi connectivity index (χ1) is 7.81. The van der Waals surface area contributed by atoms with Crippen LogP contribution in [-0.2, 0) is 0 Å². The molecule has 0 saturated carbocycles. The van der Waals surface area contributed by atoms with E-state index in [-0.39, 0.29) is 0 Å². The van der Waals surface area contributed by atoms with Crippen molar-refractivity contribution in [3.05, 3.63) is 18.2 Å². The Bertz CT molecular complexity index is 304. The Morgan fingerprint density at radius 3 is 2.81 bits per heavy atom. The second kappa shape index (κ2) is 7.06. The van der Waals surface area contributed by atoms with Crippen LogP contribution in [0.25, 0.3) is 0 Å². The summed E-state index contributed by atoms with van der Waals surface area (Å²) in [6.07, 6.45) is 1.11. The molecule has 1 N–H and O–H groups in total. The van der Waals surface area contributed by atoms with Gasteiger partial charge in [-0.15, -0.1) is 0 Å². The largest absolute Gasteiger partial charge is 0.481 e. The minimum atomic E-state index is 0.670. The van der Waals surface area contributed by atoms with Gasteiger partial charge in [-0.2, -0.15) is 4.98 Å². The molecule has 1 rings (SSSR count). The molecule has 0 aromatic carbocycles. The number of hydrogen-bond acceptors (Lipinski definition) is 4. The molecule has 0 unspecified atom stereocenters. The molecule has 4 nitrogen and oxygen atoms in total. The SMILES string of the molecule is CCCN(CCNC)c1cccc(OC)n1. The van der Waals surface area contributed by atoms with Crippen LogP contribution in [0.1, 0.15) is 13.3 Å². The van der Waals surface area contributed by atoms with Crippen LogP contribution in [0.3, 0.4) is 0 Å². The van der Waals surface area contributed by atoms with Crippen molar-refractivity contribution >= 4 is 5.82 Å². The summed E-state index contributed by atoms with van der Waals surface area (Å²) in [5.41, 5.74) is 0. The monoisotopic (exact) mass is 223 g/mol. The molecule has 0 fully saturated rings. The summed E-state index contributed by atoms with van der Waals surface area (Å²) in [6.45, 7) is 5.11. The fourth-order valence-electron chi connectivity index (χ4n) is 1.55. The predicted molar refractivity (Wildman–Crippen MR) is 67.2 cm³/mol. The third-order valence-corrected chi connectivity index (χ3v) is 2.37. The zero-order valence-corrected chi connectivity index (χ0v) is 10.4. The average molecular weight is 223 g/mol. The topological polar surface area (TPSA) is 37.4 Å². The summed E-state index contributed by atoms with van der Waals surface area (Å²) in [5.74, 6) is 1.65. The van der Waals surface area contributed by atoms with Crippen molar-refractivity contribution in [2.24, 2.45) is 0 Å². The van der Waals surface area contributed by atoms with Crippen LogP contribution >= 0.6 is 0 Å². The quantitative estimate of drug-likeness (QED) is 0.760. The lowest BCUT2D eigenvalue weighted by Crippen LogP contribution is -2.32. The highest BCUT2D eigenvalue weighted by molar-refractivity contribution is 5.40. The van der Waals surface area contributed by atoms with Gasteiger partial charge in [0.2, 0.25) is 5.88 Å². The van der Waals surface area contributed by atoms with Gasteiger partial charge in [-0.05, 0) is 19.5 Å². The Hall–Kier alpha value is -1.29. The van der Waals surface area contributed by atoms with Gasteiger partial charge in [0.15, 0.2) is 0 Å². The summed E-state index contributed by atoms with van der Waals surface area (Å²) in [7, 11) is 3.60. The molecule has 0 amide bonds. The summed E-state index contributed by atoms with van der Waals surface area (Å²) in [4.78, 5) is 6.70. The Morgan fingerprint density at radius 1 is 1.38 bits per heavy atom. The molecular formula is C12H21N3O. The molecule has 1 heterocycles. The second-order valence-corrected chi connectivity index (χ2v) is 3.63. The summed E-state index contributed by atoms with van der Waals surface area (Å²) in [5, 5.41) is 3.15.